The van der Waals surface area contributed by atoms with E-state index in [-0.39, 0.29) is 6.10 Å². The van der Waals surface area contributed by atoms with Crippen LogP contribution in [0.2, 0.25) is 0 Å². The molecule has 0 aromatic rings. The van der Waals surface area contributed by atoms with Crippen molar-refractivity contribution in [3.63, 3.8) is 0 Å². The normalized spacial score (nSPS) is 47.3. The average Bonchev–Trinajstić information content (AvgIpc) is 2.83. The first kappa shape index (κ1) is 12.0. The molecule has 3 rings (SSSR count). The van der Waals surface area contributed by atoms with Crippen molar-refractivity contribution in [1.82, 2.24) is 4.90 Å². The summed E-state index contributed by atoms with van der Waals surface area (Å²) < 4.78 is 0. The molecule has 1 saturated heterocycles. The zero-order chi connectivity index (χ0) is 11.8. The fraction of sp³-hybridized carbons (Fsp3) is 1.00. The number of likely N-dealkylation sites (tertiary alicyclic amines) is 1. The van der Waals surface area contributed by atoms with Gasteiger partial charge in [0, 0.05) is 19.6 Å². The maximum atomic E-state index is 10.1. The Morgan fingerprint density at radius 1 is 1.06 bits per heavy atom. The van der Waals surface area contributed by atoms with E-state index in [4.69, 9.17) is 0 Å². The van der Waals surface area contributed by atoms with Gasteiger partial charge in [-0.15, -0.1) is 0 Å². The molecule has 17 heavy (non-hydrogen) atoms. The van der Waals surface area contributed by atoms with Crippen LogP contribution < -0.4 is 0 Å². The van der Waals surface area contributed by atoms with E-state index in [1.165, 1.54) is 51.7 Å². The highest BCUT2D eigenvalue weighted by atomic mass is 16.3. The highest BCUT2D eigenvalue weighted by Crippen LogP contribution is 2.39. The van der Waals surface area contributed by atoms with Crippen molar-refractivity contribution >= 4 is 0 Å². The molecule has 0 radical (unpaired) electrons. The molecule has 0 aromatic carbocycles. The lowest BCUT2D eigenvalue weighted by molar-refractivity contribution is 0.0333. The quantitative estimate of drug-likeness (QED) is 0.797. The number of hydrogen-bond acceptors (Lipinski definition) is 2. The van der Waals surface area contributed by atoms with E-state index >= 15 is 0 Å². The fourth-order valence-electron chi connectivity index (χ4n) is 4.49. The Morgan fingerprint density at radius 2 is 1.76 bits per heavy atom. The van der Waals surface area contributed by atoms with Crippen LogP contribution in [0, 0.1) is 23.7 Å². The number of rotatable bonds is 2. The van der Waals surface area contributed by atoms with E-state index in [9.17, 15) is 5.11 Å². The maximum Gasteiger partial charge on any atom is 0.0580 e. The van der Waals surface area contributed by atoms with Crippen LogP contribution in [0.4, 0.5) is 0 Å². The second-order valence-corrected chi connectivity index (χ2v) is 6.92. The van der Waals surface area contributed by atoms with E-state index in [1.807, 2.05) is 0 Å². The van der Waals surface area contributed by atoms with E-state index in [1.54, 1.807) is 0 Å². The predicted molar refractivity (Wildman–Crippen MR) is 69.8 cm³/mol. The summed E-state index contributed by atoms with van der Waals surface area (Å²) in [6, 6.07) is 0. The molecule has 2 nitrogen and oxygen atoms in total. The molecule has 98 valence electrons. The van der Waals surface area contributed by atoms with Crippen LogP contribution in [-0.2, 0) is 0 Å². The zero-order valence-corrected chi connectivity index (χ0v) is 11.1. The Balaban J connectivity index is 1.53. The third-order valence-corrected chi connectivity index (χ3v) is 5.50. The standard InChI is InChI=1S/C15H27NO/c1-11-5-6-15(17)14(7-11)10-16-8-12-3-2-4-13(12)9-16/h11-15,17H,2-10H2,1H3. The van der Waals surface area contributed by atoms with Gasteiger partial charge in [0.1, 0.15) is 0 Å². The summed E-state index contributed by atoms with van der Waals surface area (Å²) in [6.45, 7) is 6.15. The van der Waals surface area contributed by atoms with E-state index in [2.05, 4.69) is 11.8 Å². The lowest BCUT2D eigenvalue weighted by Gasteiger charge is -2.34. The van der Waals surface area contributed by atoms with E-state index in [0.29, 0.717) is 5.92 Å². The number of nitrogens with zero attached hydrogens (tertiary/aromatic N) is 1. The van der Waals surface area contributed by atoms with Gasteiger partial charge in [0.2, 0.25) is 0 Å². The summed E-state index contributed by atoms with van der Waals surface area (Å²) in [5.74, 6) is 3.37. The predicted octanol–water partition coefficient (Wildman–Crippen LogP) is 2.52. The Hall–Kier alpha value is -0.0800. The lowest BCUT2D eigenvalue weighted by Crippen LogP contribution is -2.38. The van der Waals surface area contributed by atoms with Gasteiger partial charge in [-0.05, 0) is 55.8 Å². The Kier molecular flexibility index (Phi) is 3.45. The van der Waals surface area contributed by atoms with Gasteiger partial charge < -0.3 is 10.0 Å². The maximum absolute atomic E-state index is 10.1. The summed E-state index contributed by atoms with van der Waals surface area (Å²) in [5, 5.41) is 10.1. The second kappa shape index (κ2) is 4.89. The van der Waals surface area contributed by atoms with Crippen LogP contribution in [-0.4, -0.2) is 35.7 Å². The average molecular weight is 237 g/mol. The first-order valence-electron chi connectivity index (χ1n) is 7.63. The molecule has 0 aromatic heterocycles. The van der Waals surface area contributed by atoms with Crippen molar-refractivity contribution in [1.29, 1.82) is 0 Å². The lowest BCUT2D eigenvalue weighted by atomic mass is 9.80. The van der Waals surface area contributed by atoms with E-state index in [0.717, 1.165) is 24.2 Å². The van der Waals surface area contributed by atoms with Crippen molar-refractivity contribution in [3.05, 3.63) is 0 Å². The van der Waals surface area contributed by atoms with Crippen molar-refractivity contribution in [3.8, 4) is 0 Å². The van der Waals surface area contributed by atoms with Crippen LogP contribution in [0.5, 0.6) is 0 Å². The molecular formula is C15H27NO. The minimum Gasteiger partial charge on any atom is -0.393 e. The molecule has 3 fully saturated rings. The van der Waals surface area contributed by atoms with Crippen LogP contribution in [0.25, 0.3) is 0 Å². The summed E-state index contributed by atoms with van der Waals surface area (Å²) in [7, 11) is 0. The third-order valence-electron chi connectivity index (χ3n) is 5.50. The molecule has 5 unspecified atom stereocenters. The second-order valence-electron chi connectivity index (χ2n) is 6.92. The smallest absolute Gasteiger partial charge is 0.0580 e. The number of fused-ring (bicyclic) bond motifs is 1. The van der Waals surface area contributed by atoms with Crippen molar-refractivity contribution < 1.29 is 5.11 Å². The molecule has 1 N–H and O–H groups in total. The van der Waals surface area contributed by atoms with Crippen LogP contribution >= 0.6 is 0 Å². The van der Waals surface area contributed by atoms with Crippen molar-refractivity contribution in [2.24, 2.45) is 23.7 Å². The third kappa shape index (κ3) is 2.53. The molecule has 1 heterocycles. The molecule has 2 aliphatic carbocycles. The van der Waals surface area contributed by atoms with Gasteiger partial charge in [-0.2, -0.15) is 0 Å². The van der Waals surface area contributed by atoms with Crippen LogP contribution in [0.3, 0.4) is 0 Å². The monoisotopic (exact) mass is 237 g/mol. The molecule has 2 heteroatoms. The molecule has 5 atom stereocenters. The molecule has 3 aliphatic rings. The highest BCUT2D eigenvalue weighted by molar-refractivity contribution is 4.90. The van der Waals surface area contributed by atoms with Gasteiger partial charge in [0.15, 0.2) is 0 Å². The van der Waals surface area contributed by atoms with Crippen molar-refractivity contribution in [2.45, 2.75) is 51.6 Å². The summed E-state index contributed by atoms with van der Waals surface area (Å²) in [6.07, 6.45) is 7.87. The van der Waals surface area contributed by atoms with Crippen molar-refractivity contribution in [2.75, 3.05) is 19.6 Å². The van der Waals surface area contributed by atoms with Gasteiger partial charge in [-0.1, -0.05) is 13.3 Å². The molecule has 1 aliphatic heterocycles. The zero-order valence-electron chi connectivity index (χ0n) is 11.1. The minimum absolute atomic E-state index is 0.0216. The van der Waals surface area contributed by atoms with Crippen LogP contribution in [0.1, 0.15) is 45.4 Å². The molecule has 2 saturated carbocycles. The first-order chi connectivity index (χ1) is 8.22. The van der Waals surface area contributed by atoms with Gasteiger partial charge in [0.05, 0.1) is 6.10 Å². The summed E-state index contributed by atoms with van der Waals surface area (Å²) in [5.41, 5.74) is 0. The van der Waals surface area contributed by atoms with Gasteiger partial charge in [-0.3, -0.25) is 0 Å². The number of aliphatic hydroxyl groups is 1. The van der Waals surface area contributed by atoms with Gasteiger partial charge in [0.25, 0.3) is 0 Å². The largest absolute Gasteiger partial charge is 0.393 e. The summed E-state index contributed by atoms with van der Waals surface area (Å²) in [4.78, 5) is 2.65. The number of hydrogen-bond donors (Lipinski definition) is 1. The van der Waals surface area contributed by atoms with Gasteiger partial charge >= 0.3 is 0 Å². The Bertz CT molecular complexity index is 256. The molecular weight excluding hydrogens is 210 g/mol. The first-order valence-corrected chi connectivity index (χ1v) is 7.63. The van der Waals surface area contributed by atoms with E-state index < -0.39 is 0 Å². The molecule has 0 bridgehead atoms. The fourth-order valence-corrected chi connectivity index (χ4v) is 4.49. The van der Waals surface area contributed by atoms with Crippen LogP contribution in [0.15, 0.2) is 0 Å². The summed E-state index contributed by atoms with van der Waals surface area (Å²) >= 11 is 0. The number of aliphatic hydroxyl groups excluding tert-OH is 1. The van der Waals surface area contributed by atoms with Gasteiger partial charge in [-0.25, -0.2) is 0 Å². The SMILES string of the molecule is CC1CCC(O)C(CN2CC3CCCC3C2)C1. The minimum atomic E-state index is -0.0216. The Labute approximate surface area is 105 Å². The topological polar surface area (TPSA) is 23.5 Å². The molecule has 0 spiro atoms. The highest BCUT2D eigenvalue weighted by Gasteiger charge is 2.38. The Morgan fingerprint density at radius 3 is 2.47 bits per heavy atom. The molecule has 0 amide bonds.